The number of aliphatic imine (C=N–C) groups is 1. The lowest BCUT2D eigenvalue weighted by molar-refractivity contribution is -0.144. The van der Waals surface area contributed by atoms with Crippen LogP contribution in [0.15, 0.2) is 69.9 Å². The number of ether oxygens (including phenoxy) is 1. The molecule has 2 aromatic carbocycles. The van der Waals surface area contributed by atoms with Gasteiger partial charge in [-0.3, -0.25) is 4.79 Å². The molecule has 3 amide bonds. The molecule has 2 atom stereocenters. The van der Waals surface area contributed by atoms with Crippen molar-refractivity contribution < 1.29 is 14.3 Å². The van der Waals surface area contributed by atoms with Crippen molar-refractivity contribution in [1.29, 1.82) is 0 Å². The van der Waals surface area contributed by atoms with Gasteiger partial charge in [0.1, 0.15) is 6.10 Å². The Labute approximate surface area is 215 Å². The summed E-state index contributed by atoms with van der Waals surface area (Å²) in [7, 11) is -1.49. The number of benzene rings is 2. The lowest BCUT2D eigenvalue weighted by atomic mass is 9.97. The third-order valence-corrected chi connectivity index (χ3v) is 10.4. The molecule has 2 aliphatic rings. The third kappa shape index (κ3) is 5.90. The number of rotatable bonds is 7. The molecule has 0 radical (unpaired) electrons. The van der Waals surface area contributed by atoms with E-state index in [1.54, 1.807) is 0 Å². The van der Waals surface area contributed by atoms with Gasteiger partial charge in [-0.1, -0.05) is 49.4 Å². The maximum Gasteiger partial charge on any atom is 0.339 e. The number of carbonyl (C=O) groups is 2. The van der Waals surface area contributed by atoms with Crippen LogP contribution in [0.25, 0.3) is 11.1 Å². The molecule has 7 heteroatoms. The molecule has 2 N–H and O–H groups in total. The van der Waals surface area contributed by atoms with Crippen molar-refractivity contribution in [2.45, 2.75) is 50.5 Å². The van der Waals surface area contributed by atoms with Crippen molar-refractivity contribution in [1.82, 2.24) is 4.90 Å². The van der Waals surface area contributed by atoms with E-state index in [2.05, 4.69) is 72.1 Å². The first kappa shape index (κ1) is 26.2. The second-order valence-electron chi connectivity index (χ2n) is 9.78. The number of piperidine rings is 1. The number of allylic oxidation sites excluding steroid dienone is 1. The Morgan fingerprint density at radius 2 is 1.86 bits per heavy atom. The highest BCUT2D eigenvalue weighted by Gasteiger charge is 2.29. The normalized spacial score (nSPS) is 24.0. The molecule has 2 aromatic rings. The summed E-state index contributed by atoms with van der Waals surface area (Å²) >= 11 is 0. The summed E-state index contributed by atoms with van der Waals surface area (Å²) < 4.78 is 5.88. The third-order valence-electron chi connectivity index (χ3n) is 7.16. The molecule has 0 aliphatic carbocycles. The molecule has 1 fully saturated rings. The van der Waals surface area contributed by atoms with E-state index in [0.29, 0.717) is 25.4 Å². The number of likely N-dealkylation sites (tertiary alicyclic amines) is 1. The van der Waals surface area contributed by atoms with Gasteiger partial charge in [0, 0.05) is 32.5 Å². The van der Waals surface area contributed by atoms with Crippen LogP contribution < -0.4 is 5.73 Å². The number of nitrogens with zero attached hydrogens (tertiary/aromatic N) is 2. The summed E-state index contributed by atoms with van der Waals surface area (Å²) in [5.74, 6) is 0.788. The molecule has 2 heterocycles. The SMILES string of the molecule is CCOC(Cc1ccc(-c2cccc(S3(C)C=CCC3=NC(N)=O)c2)cc1)C(=O)N1CCC(C)CC1. The average Bonchev–Trinajstić information content (AvgIpc) is 3.25. The summed E-state index contributed by atoms with van der Waals surface area (Å²) in [6.07, 6.45) is 7.12. The van der Waals surface area contributed by atoms with Crippen LogP contribution in [-0.4, -0.2) is 53.9 Å². The van der Waals surface area contributed by atoms with E-state index in [4.69, 9.17) is 10.5 Å². The lowest BCUT2D eigenvalue weighted by Gasteiger charge is -2.33. The second kappa shape index (κ2) is 11.4. The largest absolute Gasteiger partial charge is 0.368 e. The predicted molar refractivity (Wildman–Crippen MR) is 149 cm³/mol. The van der Waals surface area contributed by atoms with Crippen molar-refractivity contribution >= 4 is 27.0 Å². The van der Waals surface area contributed by atoms with Gasteiger partial charge in [-0.05, 0) is 71.1 Å². The van der Waals surface area contributed by atoms with E-state index in [-0.39, 0.29) is 5.91 Å². The van der Waals surface area contributed by atoms with Crippen LogP contribution in [0, 0.1) is 5.92 Å². The Kier molecular flexibility index (Phi) is 8.32. The summed E-state index contributed by atoms with van der Waals surface area (Å²) in [6, 6.07) is 16.2. The minimum atomic E-state index is -1.49. The predicted octanol–water partition coefficient (Wildman–Crippen LogP) is 5.75. The highest BCUT2D eigenvalue weighted by atomic mass is 32.3. The summed E-state index contributed by atoms with van der Waals surface area (Å²) in [4.78, 5) is 31.8. The molecular formula is C29H37N3O3S. The molecule has 0 aromatic heterocycles. The van der Waals surface area contributed by atoms with Crippen molar-refractivity contribution in [3.8, 4) is 11.1 Å². The van der Waals surface area contributed by atoms with Crippen LogP contribution in [0.1, 0.15) is 38.7 Å². The molecule has 1 saturated heterocycles. The van der Waals surface area contributed by atoms with Crippen molar-refractivity contribution in [2.75, 3.05) is 26.0 Å². The first-order valence-electron chi connectivity index (χ1n) is 12.7. The van der Waals surface area contributed by atoms with E-state index < -0.39 is 22.2 Å². The van der Waals surface area contributed by atoms with Crippen LogP contribution >= 0.6 is 10.0 Å². The van der Waals surface area contributed by atoms with E-state index in [0.717, 1.165) is 52.6 Å². The number of primary amides is 1. The first-order chi connectivity index (χ1) is 17.3. The maximum atomic E-state index is 13.1. The van der Waals surface area contributed by atoms with Crippen molar-refractivity contribution in [3.05, 3.63) is 65.6 Å². The molecular weight excluding hydrogens is 470 g/mol. The second-order valence-corrected chi connectivity index (χ2v) is 13.0. The monoisotopic (exact) mass is 507 g/mol. The molecule has 2 aliphatic heterocycles. The maximum absolute atomic E-state index is 13.1. The van der Waals surface area contributed by atoms with Gasteiger partial charge in [0.15, 0.2) is 0 Å². The summed E-state index contributed by atoms with van der Waals surface area (Å²) in [5.41, 5.74) is 8.64. The van der Waals surface area contributed by atoms with Gasteiger partial charge in [0.05, 0.1) is 5.04 Å². The quantitative estimate of drug-likeness (QED) is 0.518. The molecule has 2 unspecified atom stereocenters. The molecule has 0 saturated carbocycles. The fourth-order valence-corrected chi connectivity index (χ4v) is 7.43. The molecule has 6 nitrogen and oxygen atoms in total. The van der Waals surface area contributed by atoms with Gasteiger partial charge in [-0.15, -0.1) is 0 Å². The summed E-state index contributed by atoms with van der Waals surface area (Å²) in [5, 5.41) is 3.02. The molecule has 4 rings (SSSR count). The van der Waals surface area contributed by atoms with Gasteiger partial charge in [-0.25, -0.2) is 4.79 Å². The number of hydrogen-bond donors (Lipinski definition) is 1. The van der Waals surface area contributed by atoms with Gasteiger partial charge in [0.25, 0.3) is 5.91 Å². The fraction of sp³-hybridized carbons (Fsp3) is 0.414. The highest BCUT2D eigenvalue weighted by Crippen LogP contribution is 2.59. The van der Waals surface area contributed by atoms with E-state index in [9.17, 15) is 9.59 Å². The van der Waals surface area contributed by atoms with E-state index >= 15 is 0 Å². The Balaban J connectivity index is 1.50. The van der Waals surface area contributed by atoms with Crippen molar-refractivity contribution in [2.24, 2.45) is 16.6 Å². The van der Waals surface area contributed by atoms with Crippen LogP contribution in [0.3, 0.4) is 0 Å². The van der Waals surface area contributed by atoms with Gasteiger partial charge in [-0.2, -0.15) is 15.0 Å². The Bertz CT molecular complexity index is 1150. The van der Waals surface area contributed by atoms with Crippen LogP contribution in [0.4, 0.5) is 4.79 Å². The zero-order valence-electron chi connectivity index (χ0n) is 21.5. The summed E-state index contributed by atoms with van der Waals surface area (Å²) in [6.45, 7) is 6.35. The van der Waals surface area contributed by atoms with Crippen LogP contribution in [0.2, 0.25) is 0 Å². The fourth-order valence-electron chi connectivity index (χ4n) is 4.91. The van der Waals surface area contributed by atoms with E-state index in [1.807, 2.05) is 17.9 Å². The van der Waals surface area contributed by atoms with E-state index in [1.165, 1.54) is 0 Å². The lowest BCUT2D eigenvalue weighted by Crippen LogP contribution is -2.45. The van der Waals surface area contributed by atoms with Gasteiger partial charge < -0.3 is 15.4 Å². The minimum Gasteiger partial charge on any atom is -0.368 e. The zero-order valence-corrected chi connectivity index (χ0v) is 22.3. The Morgan fingerprint density at radius 1 is 1.14 bits per heavy atom. The minimum absolute atomic E-state index is 0.106. The number of hydrogen-bond acceptors (Lipinski definition) is 3. The molecule has 0 bridgehead atoms. The molecule has 0 spiro atoms. The average molecular weight is 508 g/mol. The highest BCUT2D eigenvalue weighted by molar-refractivity contribution is 8.47. The number of nitrogens with two attached hydrogens (primary N) is 1. The smallest absolute Gasteiger partial charge is 0.339 e. The van der Waals surface area contributed by atoms with Gasteiger partial charge >= 0.3 is 6.03 Å². The molecule has 36 heavy (non-hydrogen) atoms. The number of carbonyl (C=O) groups excluding carboxylic acids is 2. The standard InChI is InChI=1S/C29H37N3O3S/c1-4-35-26(28(33)32-16-14-21(2)15-17-32)19-22-10-12-23(13-11-22)24-7-5-8-25(20-24)36(3)18-6-9-27(36)31-29(30)34/h5-8,10-13,18,20-21,26H,4,9,14-17,19H2,1-3H3,(H2,30,34). The molecule has 192 valence electrons. The first-order valence-corrected chi connectivity index (χ1v) is 14.8. The van der Waals surface area contributed by atoms with Gasteiger partial charge in [0.2, 0.25) is 0 Å². The Morgan fingerprint density at radius 3 is 2.53 bits per heavy atom. The topological polar surface area (TPSA) is 85.0 Å². The zero-order chi connectivity index (χ0) is 25.7. The van der Waals surface area contributed by atoms with Crippen LogP contribution in [-0.2, 0) is 16.0 Å². The number of urea groups is 1. The van der Waals surface area contributed by atoms with Crippen molar-refractivity contribution in [3.63, 3.8) is 0 Å². The Hall–Kier alpha value is -2.90. The number of amides is 3. The van der Waals surface area contributed by atoms with Crippen LogP contribution in [0.5, 0.6) is 0 Å².